The van der Waals surface area contributed by atoms with Crippen molar-refractivity contribution in [2.45, 2.75) is 19.3 Å². The Morgan fingerprint density at radius 1 is 0.483 bits per heavy atom. The third-order valence-electron chi connectivity index (χ3n) is 11.5. The molecular formula is C55H46N3+3. The van der Waals surface area contributed by atoms with Gasteiger partial charge in [-0.3, -0.25) is 0 Å². The molecule has 0 unspecified atom stereocenters. The van der Waals surface area contributed by atoms with Crippen molar-refractivity contribution in [2.75, 3.05) is 0 Å². The van der Waals surface area contributed by atoms with E-state index in [2.05, 4.69) is 222 Å². The third kappa shape index (κ3) is 7.26. The Labute approximate surface area is 342 Å². The van der Waals surface area contributed by atoms with Crippen molar-refractivity contribution in [3.63, 3.8) is 0 Å². The lowest BCUT2D eigenvalue weighted by Crippen LogP contribution is -2.40. The van der Waals surface area contributed by atoms with Crippen LogP contribution in [0, 0.1) is 0 Å². The number of aromatic nitrogens is 3. The van der Waals surface area contributed by atoms with Crippen LogP contribution in [0.5, 0.6) is 0 Å². The summed E-state index contributed by atoms with van der Waals surface area (Å²) in [6.45, 7) is 7.93. The molecular weight excluding hydrogens is 703 g/mol. The van der Waals surface area contributed by atoms with Gasteiger partial charge < -0.3 is 0 Å². The highest BCUT2D eigenvalue weighted by Gasteiger charge is 2.28. The van der Waals surface area contributed by atoms with E-state index in [-0.39, 0.29) is 0 Å². The number of fused-ring (bicyclic) bond motifs is 6. The van der Waals surface area contributed by atoms with Crippen molar-refractivity contribution in [3.8, 4) is 56.0 Å². The predicted octanol–water partition coefficient (Wildman–Crippen LogP) is 11.5. The highest BCUT2D eigenvalue weighted by molar-refractivity contribution is 5.77. The largest absolute Gasteiger partial charge is 0.256 e. The molecule has 58 heavy (non-hydrogen) atoms. The maximum absolute atomic E-state index is 3.97. The Balaban J connectivity index is 1.27. The Kier molecular flexibility index (Phi) is 10.1. The molecule has 0 N–H and O–H groups in total. The first-order valence-corrected chi connectivity index (χ1v) is 20.0. The SMILES string of the molecule is C=Cc1ccc(-c2ccc(C/C3=C/[n+]4ccccc4-c4ccccc4CCc4ccc(-c5ccc(C=C)cc5)cc4-c4cccc[n+]43)c(-c3cccc[n+]3C)c2)cc1. The van der Waals surface area contributed by atoms with E-state index in [1.165, 1.54) is 61.3 Å². The fraction of sp³-hybridized carbons (Fsp3) is 0.0727. The Hall–Kier alpha value is -7.23. The zero-order chi connectivity index (χ0) is 39.4. The topological polar surface area (TPSA) is 11.6 Å². The van der Waals surface area contributed by atoms with Gasteiger partial charge in [0.15, 0.2) is 18.6 Å². The summed E-state index contributed by atoms with van der Waals surface area (Å²) in [6, 6.07) is 59.8. The molecule has 0 atom stereocenters. The summed E-state index contributed by atoms with van der Waals surface area (Å²) in [5.41, 5.74) is 19.2. The van der Waals surface area contributed by atoms with Crippen molar-refractivity contribution in [1.29, 1.82) is 0 Å². The minimum absolute atomic E-state index is 0.683. The van der Waals surface area contributed by atoms with Crippen LogP contribution in [0.25, 0.3) is 80.1 Å². The van der Waals surface area contributed by atoms with Gasteiger partial charge in [0.05, 0.1) is 17.5 Å². The smallest absolute Gasteiger partial charge is 0.201 e. The highest BCUT2D eigenvalue weighted by Crippen LogP contribution is 2.34. The van der Waals surface area contributed by atoms with E-state index < -0.39 is 0 Å². The molecule has 8 aromatic rings. The van der Waals surface area contributed by atoms with Crippen LogP contribution in [0.15, 0.2) is 196 Å². The number of benzene rings is 5. The van der Waals surface area contributed by atoms with Gasteiger partial charge in [0, 0.05) is 42.0 Å². The molecule has 3 aromatic heterocycles. The van der Waals surface area contributed by atoms with Crippen molar-refractivity contribution < 1.29 is 13.7 Å². The second-order valence-corrected chi connectivity index (χ2v) is 15.0. The van der Waals surface area contributed by atoms with E-state index in [0.717, 1.165) is 41.1 Å². The van der Waals surface area contributed by atoms with Crippen molar-refractivity contribution in [3.05, 3.63) is 223 Å². The van der Waals surface area contributed by atoms with Crippen LogP contribution in [0.2, 0.25) is 0 Å². The lowest BCUT2D eigenvalue weighted by molar-refractivity contribution is -0.660. The quantitative estimate of drug-likeness (QED) is 0.144. The summed E-state index contributed by atoms with van der Waals surface area (Å²) in [5, 5.41) is 0. The van der Waals surface area contributed by atoms with Crippen LogP contribution >= 0.6 is 0 Å². The summed E-state index contributed by atoms with van der Waals surface area (Å²) in [7, 11) is 2.13. The first kappa shape index (κ1) is 36.4. The molecule has 0 spiro atoms. The summed E-state index contributed by atoms with van der Waals surface area (Å²) >= 11 is 0. The van der Waals surface area contributed by atoms with Gasteiger partial charge >= 0.3 is 0 Å². The molecule has 0 fully saturated rings. The molecule has 4 heterocycles. The average Bonchev–Trinajstić information content (AvgIpc) is 3.28. The zero-order valence-electron chi connectivity index (χ0n) is 32.9. The van der Waals surface area contributed by atoms with E-state index in [4.69, 9.17) is 0 Å². The Bertz CT molecular complexity index is 2840. The lowest BCUT2D eigenvalue weighted by atomic mass is 9.91. The van der Waals surface area contributed by atoms with Crippen molar-refractivity contribution >= 4 is 24.0 Å². The average molecular weight is 749 g/mol. The molecule has 3 heteroatoms. The molecule has 0 aliphatic carbocycles. The molecule has 278 valence electrons. The van der Waals surface area contributed by atoms with Crippen LogP contribution < -0.4 is 13.7 Å². The fourth-order valence-corrected chi connectivity index (χ4v) is 8.30. The molecule has 1 aliphatic heterocycles. The van der Waals surface area contributed by atoms with Crippen LogP contribution in [0.4, 0.5) is 0 Å². The van der Waals surface area contributed by atoms with Gasteiger partial charge in [0.25, 0.3) is 5.70 Å². The van der Waals surface area contributed by atoms with Gasteiger partial charge in [-0.2, -0.15) is 9.13 Å². The minimum atomic E-state index is 0.683. The summed E-state index contributed by atoms with van der Waals surface area (Å²) in [6.07, 6.45) is 15.2. The highest BCUT2D eigenvalue weighted by atomic mass is 15.0. The lowest BCUT2D eigenvalue weighted by Gasteiger charge is -2.16. The number of nitrogens with zero attached hydrogens (tertiary/aromatic N) is 3. The summed E-state index contributed by atoms with van der Waals surface area (Å²) in [5.74, 6) is 0. The maximum Gasteiger partial charge on any atom is 0.256 e. The normalized spacial score (nSPS) is 12.9. The molecule has 1 aliphatic rings. The second kappa shape index (κ2) is 16.1. The predicted molar refractivity (Wildman–Crippen MR) is 240 cm³/mol. The van der Waals surface area contributed by atoms with Gasteiger partial charge in [0.1, 0.15) is 7.05 Å². The fourth-order valence-electron chi connectivity index (χ4n) is 8.30. The number of hydrogen-bond acceptors (Lipinski definition) is 0. The van der Waals surface area contributed by atoms with Crippen LogP contribution in [-0.2, 0) is 26.3 Å². The number of pyridine rings is 3. The van der Waals surface area contributed by atoms with Crippen molar-refractivity contribution in [1.82, 2.24) is 0 Å². The maximum atomic E-state index is 3.97. The van der Waals surface area contributed by atoms with Gasteiger partial charge in [-0.05, 0) is 99.3 Å². The van der Waals surface area contributed by atoms with Crippen molar-refractivity contribution in [2.24, 2.45) is 7.05 Å². The van der Waals surface area contributed by atoms with E-state index in [1.807, 2.05) is 12.2 Å². The number of aryl methyl sites for hydroxylation is 3. The summed E-state index contributed by atoms with van der Waals surface area (Å²) in [4.78, 5) is 0. The summed E-state index contributed by atoms with van der Waals surface area (Å²) < 4.78 is 6.95. The van der Waals surface area contributed by atoms with Gasteiger partial charge in [0.2, 0.25) is 23.3 Å². The molecule has 0 bridgehead atoms. The zero-order valence-corrected chi connectivity index (χ0v) is 32.9. The van der Waals surface area contributed by atoms with E-state index >= 15 is 0 Å². The molecule has 5 aromatic carbocycles. The molecule has 9 rings (SSSR count). The standard InChI is InChI=1S/C55H46N3/c1-4-40-19-23-42(24-20-40)46-30-29-45-28-27-44-14-6-7-15-50(44)54-17-9-12-34-57(54)39-49(58-35-13-10-18-55(58)51(45)37-46)36-48-32-31-47(43-25-21-41(5-2)22-26-43)38-52(48)53-16-8-11-33-56(53)3/h4-26,29-35,37-39H,1-2,27-28,36H2,3H3/q+3/b49-39-. The Morgan fingerprint density at radius 3 is 1.72 bits per heavy atom. The second-order valence-electron chi connectivity index (χ2n) is 15.0. The van der Waals surface area contributed by atoms with E-state index in [0.29, 0.717) is 6.42 Å². The third-order valence-corrected chi connectivity index (χ3v) is 11.5. The van der Waals surface area contributed by atoms with Gasteiger partial charge in [-0.15, -0.1) is 0 Å². The molecule has 0 amide bonds. The number of allylic oxidation sites excluding steroid dienone is 1. The molecule has 0 radical (unpaired) electrons. The first-order valence-electron chi connectivity index (χ1n) is 20.0. The molecule has 0 saturated carbocycles. The van der Waals surface area contributed by atoms with Crippen LogP contribution in [0.1, 0.15) is 27.8 Å². The van der Waals surface area contributed by atoms with E-state index in [1.54, 1.807) is 0 Å². The van der Waals surface area contributed by atoms with Gasteiger partial charge in [-0.1, -0.05) is 116 Å². The number of hydrogen-bond donors (Lipinski definition) is 0. The van der Waals surface area contributed by atoms with Gasteiger partial charge in [-0.25, -0.2) is 4.57 Å². The number of rotatable bonds is 7. The molecule has 3 nitrogen and oxygen atoms in total. The van der Waals surface area contributed by atoms with E-state index in [9.17, 15) is 0 Å². The molecule has 0 saturated heterocycles. The minimum Gasteiger partial charge on any atom is -0.201 e. The Morgan fingerprint density at radius 2 is 1.03 bits per heavy atom. The van der Waals surface area contributed by atoms with Crippen LogP contribution in [0.3, 0.4) is 0 Å². The van der Waals surface area contributed by atoms with Crippen LogP contribution in [-0.4, -0.2) is 0 Å². The monoisotopic (exact) mass is 748 g/mol. The first-order chi connectivity index (χ1) is 28.6.